The average Bonchev–Trinajstić information content (AvgIpc) is 3.00. The molecular formula is C13H24N2O. The second-order valence-corrected chi connectivity index (χ2v) is 5.21. The molecular weight excluding hydrogens is 200 g/mol. The van der Waals surface area contributed by atoms with Crippen molar-refractivity contribution < 1.29 is 4.79 Å². The van der Waals surface area contributed by atoms with Gasteiger partial charge in [0.25, 0.3) is 0 Å². The first-order chi connectivity index (χ1) is 7.68. The summed E-state index contributed by atoms with van der Waals surface area (Å²) in [6.07, 6.45) is 6.75. The summed E-state index contributed by atoms with van der Waals surface area (Å²) < 4.78 is 0. The molecule has 1 saturated carbocycles. The van der Waals surface area contributed by atoms with Crippen LogP contribution in [0.4, 0.5) is 0 Å². The van der Waals surface area contributed by atoms with Gasteiger partial charge in [0.05, 0.1) is 11.7 Å². The highest BCUT2D eigenvalue weighted by atomic mass is 16.2. The largest absolute Gasteiger partial charge is 0.323 e. The summed E-state index contributed by atoms with van der Waals surface area (Å²) in [6.45, 7) is 6.56. The Morgan fingerprint density at radius 1 is 1.38 bits per heavy atom. The zero-order valence-electron chi connectivity index (χ0n) is 10.8. The number of carbonyl (C=O) groups excluding carboxylic acids is 1. The fraction of sp³-hybridized carbons (Fsp3) is 0.923. The minimum atomic E-state index is -0.136. The monoisotopic (exact) mass is 224 g/mol. The number of hydrogen-bond donors (Lipinski definition) is 1. The number of nitrogens with one attached hydrogen (secondary N) is 1. The number of hydrogen-bond acceptors (Lipinski definition) is 2. The van der Waals surface area contributed by atoms with Crippen LogP contribution in [0.2, 0.25) is 0 Å². The van der Waals surface area contributed by atoms with Gasteiger partial charge in [0.2, 0.25) is 5.91 Å². The zero-order chi connectivity index (χ0) is 11.8. The molecule has 92 valence electrons. The highest BCUT2D eigenvalue weighted by Crippen LogP contribution is 2.43. The topological polar surface area (TPSA) is 32.3 Å². The average molecular weight is 224 g/mol. The van der Waals surface area contributed by atoms with Crippen molar-refractivity contribution >= 4 is 5.91 Å². The van der Waals surface area contributed by atoms with E-state index in [1.54, 1.807) is 0 Å². The van der Waals surface area contributed by atoms with Gasteiger partial charge in [-0.1, -0.05) is 27.2 Å². The first-order valence-corrected chi connectivity index (χ1v) is 6.79. The van der Waals surface area contributed by atoms with E-state index < -0.39 is 0 Å². The van der Waals surface area contributed by atoms with Crippen LogP contribution in [0.25, 0.3) is 0 Å². The molecule has 2 rings (SSSR count). The van der Waals surface area contributed by atoms with Gasteiger partial charge in [-0.2, -0.15) is 0 Å². The lowest BCUT2D eigenvalue weighted by molar-refractivity contribution is -0.133. The van der Waals surface area contributed by atoms with E-state index in [0.29, 0.717) is 18.1 Å². The van der Waals surface area contributed by atoms with Gasteiger partial charge in [0.1, 0.15) is 0 Å². The predicted octanol–water partition coefficient (Wildman–Crippen LogP) is 2.27. The first kappa shape index (κ1) is 11.9. The third kappa shape index (κ3) is 1.75. The summed E-state index contributed by atoms with van der Waals surface area (Å²) in [4.78, 5) is 14.5. The smallest absolute Gasteiger partial charge is 0.244 e. The van der Waals surface area contributed by atoms with E-state index in [2.05, 4.69) is 31.0 Å². The molecule has 1 aliphatic carbocycles. The summed E-state index contributed by atoms with van der Waals surface area (Å²) in [5.74, 6) is 0.375. The lowest BCUT2D eigenvalue weighted by atomic mass is 10.1. The molecule has 1 amide bonds. The van der Waals surface area contributed by atoms with Crippen molar-refractivity contribution in [1.82, 2.24) is 10.2 Å². The highest BCUT2D eigenvalue weighted by Gasteiger charge is 2.59. The van der Waals surface area contributed by atoms with E-state index in [1.807, 2.05) is 0 Å². The second kappa shape index (κ2) is 4.36. The molecule has 0 radical (unpaired) electrons. The Morgan fingerprint density at radius 3 is 2.44 bits per heavy atom. The number of amides is 1. The Morgan fingerprint density at radius 2 is 2.00 bits per heavy atom. The molecule has 1 saturated heterocycles. The molecule has 1 unspecified atom stereocenters. The Labute approximate surface area is 98.6 Å². The van der Waals surface area contributed by atoms with Crippen LogP contribution in [0.5, 0.6) is 0 Å². The van der Waals surface area contributed by atoms with Crippen molar-refractivity contribution in [2.75, 3.05) is 0 Å². The molecule has 16 heavy (non-hydrogen) atoms. The van der Waals surface area contributed by atoms with Gasteiger partial charge >= 0.3 is 0 Å². The van der Waals surface area contributed by atoms with Crippen LogP contribution >= 0.6 is 0 Å². The van der Waals surface area contributed by atoms with E-state index in [1.165, 1.54) is 0 Å². The summed E-state index contributed by atoms with van der Waals surface area (Å²) in [7, 11) is 0. The van der Waals surface area contributed by atoms with Crippen molar-refractivity contribution in [2.24, 2.45) is 0 Å². The molecule has 2 fully saturated rings. The van der Waals surface area contributed by atoms with Crippen LogP contribution in [-0.2, 0) is 4.79 Å². The van der Waals surface area contributed by atoms with Gasteiger partial charge in [-0.05, 0) is 32.1 Å². The van der Waals surface area contributed by atoms with Crippen molar-refractivity contribution in [1.29, 1.82) is 0 Å². The lowest BCUT2D eigenvalue weighted by Gasteiger charge is -2.31. The fourth-order valence-electron chi connectivity index (χ4n) is 2.91. The number of nitrogens with zero attached hydrogens (tertiary/aromatic N) is 1. The molecule has 3 heteroatoms. The van der Waals surface area contributed by atoms with E-state index in [-0.39, 0.29) is 5.54 Å². The Kier molecular flexibility index (Phi) is 3.24. The molecule has 0 aromatic carbocycles. The molecule has 1 heterocycles. The standard InChI is InChI=1S/C13H24N2O/c1-4-7-11-14-13(8-9-13)12(16)15(11)10(5-2)6-3/h10-11,14H,4-9H2,1-3H3. The van der Waals surface area contributed by atoms with Gasteiger partial charge in [0, 0.05) is 6.04 Å². The Bertz CT molecular complexity index is 269. The van der Waals surface area contributed by atoms with Crippen LogP contribution in [0.1, 0.15) is 59.3 Å². The highest BCUT2D eigenvalue weighted by molar-refractivity contribution is 5.92. The predicted molar refractivity (Wildman–Crippen MR) is 65.0 cm³/mol. The maximum absolute atomic E-state index is 12.4. The van der Waals surface area contributed by atoms with Crippen LogP contribution in [0.3, 0.4) is 0 Å². The number of rotatable bonds is 5. The summed E-state index contributed by atoms with van der Waals surface area (Å²) in [6, 6.07) is 0.427. The lowest BCUT2D eigenvalue weighted by Crippen LogP contribution is -2.44. The van der Waals surface area contributed by atoms with Gasteiger partial charge < -0.3 is 4.90 Å². The molecule has 1 spiro atoms. The normalized spacial score (nSPS) is 27.1. The maximum atomic E-state index is 12.4. The quantitative estimate of drug-likeness (QED) is 0.777. The van der Waals surface area contributed by atoms with Crippen LogP contribution in [0.15, 0.2) is 0 Å². The van der Waals surface area contributed by atoms with E-state index in [4.69, 9.17) is 0 Å². The SMILES string of the molecule is CCCC1NC2(CC2)C(=O)N1C(CC)CC. The summed E-state index contributed by atoms with van der Waals surface area (Å²) >= 11 is 0. The van der Waals surface area contributed by atoms with Gasteiger partial charge in [0.15, 0.2) is 0 Å². The fourth-order valence-corrected chi connectivity index (χ4v) is 2.91. The molecule has 1 aliphatic heterocycles. The third-order valence-corrected chi connectivity index (χ3v) is 4.07. The van der Waals surface area contributed by atoms with Crippen molar-refractivity contribution in [2.45, 2.75) is 77.0 Å². The first-order valence-electron chi connectivity index (χ1n) is 6.79. The minimum Gasteiger partial charge on any atom is -0.323 e. The molecule has 1 atom stereocenters. The van der Waals surface area contributed by atoms with Crippen molar-refractivity contribution in [3.63, 3.8) is 0 Å². The maximum Gasteiger partial charge on any atom is 0.244 e. The summed E-state index contributed by atoms with van der Waals surface area (Å²) in [5.41, 5.74) is -0.136. The molecule has 2 aliphatic rings. The molecule has 0 bridgehead atoms. The minimum absolute atomic E-state index is 0.136. The summed E-state index contributed by atoms with van der Waals surface area (Å²) in [5, 5.41) is 3.57. The molecule has 3 nitrogen and oxygen atoms in total. The molecule has 0 aromatic rings. The van der Waals surface area contributed by atoms with Crippen LogP contribution in [-0.4, -0.2) is 28.6 Å². The zero-order valence-corrected chi connectivity index (χ0v) is 10.8. The third-order valence-electron chi connectivity index (χ3n) is 4.07. The van der Waals surface area contributed by atoms with Gasteiger partial charge in [-0.15, -0.1) is 0 Å². The van der Waals surface area contributed by atoms with Crippen molar-refractivity contribution in [3.05, 3.63) is 0 Å². The molecule has 1 N–H and O–H groups in total. The van der Waals surface area contributed by atoms with Crippen LogP contribution in [0, 0.1) is 0 Å². The van der Waals surface area contributed by atoms with Gasteiger partial charge in [-0.25, -0.2) is 0 Å². The second-order valence-electron chi connectivity index (χ2n) is 5.21. The Hall–Kier alpha value is -0.570. The van der Waals surface area contributed by atoms with E-state index in [9.17, 15) is 4.79 Å². The van der Waals surface area contributed by atoms with E-state index in [0.717, 1.165) is 38.5 Å². The van der Waals surface area contributed by atoms with Crippen LogP contribution < -0.4 is 5.32 Å². The number of carbonyl (C=O) groups is 1. The van der Waals surface area contributed by atoms with Gasteiger partial charge in [-0.3, -0.25) is 10.1 Å². The Balaban J connectivity index is 2.14. The molecule has 0 aromatic heterocycles. The van der Waals surface area contributed by atoms with Crippen molar-refractivity contribution in [3.8, 4) is 0 Å². The van der Waals surface area contributed by atoms with E-state index >= 15 is 0 Å².